The molecule has 9 nitrogen and oxygen atoms in total. The van der Waals surface area contributed by atoms with Gasteiger partial charge in [-0.25, -0.2) is 0 Å². The van der Waals surface area contributed by atoms with E-state index in [-0.39, 0.29) is 17.9 Å². The van der Waals surface area contributed by atoms with Crippen LogP contribution in [0.3, 0.4) is 0 Å². The normalized spacial score (nSPS) is 12.6. The number of carbonyl (C=O) groups excluding carboxylic acids is 1. The molecule has 1 heterocycles. The maximum atomic E-state index is 12.9. The summed E-state index contributed by atoms with van der Waals surface area (Å²) in [6.45, 7) is 0.139. The van der Waals surface area contributed by atoms with Crippen molar-refractivity contribution in [2.45, 2.75) is 32.3 Å². The number of halogens is 1. The van der Waals surface area contributed by atoms with Gasteiger partial charge in [0, 0.05) is 17.0 Å². The molecule has 0 aliphatic heterocycles. The van der Waals surface area contributed by atoms with Crippen LogP contribution >= 0.6 is 27.3 Å². The molecule has 1 aliphatic rings. The lowest BCUT2D eigenvalue weighted by molar-refractivity contribution is -0.384. The quantitative estimate of drug-likeness (QED) is 0.140. The van der Waals surface area contributed by atoms with Crippen LogP contribution < -0.4 is 14.8 Å². The molecule has 1 N–H and O–H groups in total. The number of nitrogens with zero attached hydrogens (tertiary/aromatic N) is 3. The van der Waals surface area contributed by atoms with Crippen molar-refractivity contribution >= 4 is 49.9 Å². The Balaban J connectivity index is 1.53. The van der Waals surface area contributed by atoms with E-state index in [1.807, 2.05) is 6.07 Å². The second-order valence-corrected chi connectivity index (χ2v) is 10.4. The molecule has 2 aromatic carbocycles. The Morgan fingerprint density at radius 3 is 2.63 bits per heavy atom. The van der Waals surface area contributed by atoms with E-state index in [1.54, 1.807) is 24.3 Å². The summed E-state index contributed by atoms with van der Waals surface area (Å²) in [5.41, 5.74) is 2.59. The van der Waals surface area contributed by atoms with Gasteiger partial charge in [0.1, 0.15) is 29.3 Å². The Morgan fingerprint density at radius 2 is 1.97 bits per heavy atom. The number of hydrogen-bond acceptors (Lipinski definition) is 8. The molecule has 0 unspecified atom stereocenters. The summed E-state index contributed by atoms with van der Waals surface area (Å²) >= 11 is 4.85. The number of aryl methyl sites for hydroxylation is 1. The molecule has 1 aromatic heterocycles. The lowest BCUT2D eigenvalue weighted by Crippen LogP contribution is -2.13. The molecule has 1 aliphatic carbocycles. The number of rotatable bonds is 8. The van der Waals surface area contributed by atoms with E-state index < -0.39 is 10.8 Å². The SMILES string of the molecule is COc1cc(/C=C(\C#N)C(=O)Nc2sc3c(c2C#N)CCCC3)cc(Br)c1OCc1ccc([N+](=O)[O-])cc1. The first-order chi connectivity index (χ1) is 18.3. The van der Waals surface area contributed by atoms with Gasteiger partial charge in [-0.1, -0.05) is 0 Å². The van der Waals surface area contributed by atoms with Crippen LogP contribution in [0.1, 0.15) is 40.0 Å². The number of non-ortho nitro benzene ring substituents is 1. The standard InChI is InChI=1S/C27H21BrN4O5S/c1-36-23-12-17(11-22(28)25(23)37-15-16-6-8-19(9-7-16)32(34)35)10-18(13-29)26(33)31-27-21(14-30)20-4-2-3-5-24(20)38-27/h6-12H,2-5,15H2,1H3,(H,31,33)/b18-10+. The average Bonchev–Trinajstić information content (AvgIpc) is 3.27. The smallest absolute Gasteiger partial charge is 0.269 e. The molecule has 0 fully saturated rings. The first kappa shape index (κ1) is 26.9. The summed E-state index contributed by atoms with van der Waals surface area (Å²) in [5, 5.41) is 33.4. The van der Waals surface area contributed by atoms with Crippen molar-refractivity contribution in [3.63, 3.8) is 0 Å². The van der Waals surface area contributed by atoms with Crippen molar-refractivity contribution in [3.8, 4) is 23.6 Å². The number of nitriles is 2. The number of nitro benzene ring substituents is 1. The molecule has 0 radical (unpaired) electrons. The van der Waals surface area contributed by atoms with Crippen molar-refractivity contribution in [2.24, 2.45) is 0 Å². The Bertz CT molecular complexity index is 1520. The average molecular weight is 593 g/mol. The molecule has 11 heteroatoms. The highest BCUT2D eigenvalue weighted by atomic mass is 79.9. The fourth-order valence-corrected chi connectivity index (χ4v) is 5.90. The molecule has 0 bridgehead atoms. The van der Waals surface area contributed by atoms with E-state index in [2.05, 4.69) is 27.3 Å². The molecule has 38 heavy (non-hydrogen) atoms. The summed E-state index contributed by atoms with van der Waals surface area (Å²) in [7, 11) is 1.47. The van der Waals surface area contributed by atoms with E-state index in [4.69, 9.17) is 9.47 Å². The van der Waals surface area contributed by atoms with Crippen LogP contribution in [0.4, 0.5) is 10.7 Å². The van der Waals surface area contributed by atoms with E-state index in [9.17, 15) is 25.4 Å². The Kier molecular flexibility index (Phi) is 8.41. The predicted molar refractivity (Wildman–Crippen MR) is 146 cm³/mol. The zero-order valence-corrected chi connectivity index (χ0v) is 22.6. The molecular formula is C27H21BrN4O5S. The van der Waals surface area contributed by atoms with E-state index in [0.29, 0.717) is 32.1 Å². The number of nitro groups is 1. The Morgan fingerprint density at radius 1 is 1.24 bits per heavy atom. The van der Waals surface area contributed by atoms with Crippen LogP contribution in [-0.4, -0.2) is 17.9 Å². The van der Waals surface area contributed by atoms with Gasteiger partial charge in [0.05, 0.1) is 22.1 Å². The fraction of sp³-hybridized carbons (Fsp3) is 0.222. The van der Waals surface area contributed by atoms with Crippen molar-refractivity contribution in [1.29, 1.82) is 10.5 Å². The third-order valence-corrected chi connectivity index (χ3v) is 7.76. The number of carbonyl (C=O) groups is 1. The maximum absolute atomic E-state index is 12.9. The second kappa shape index (κ2) is 11.9. The highest BCUT2D eigenvalue weighted by Crippen LogP contribution is 2.39. The molecule has 192 valence electrons. The Hall–Kier alpha value is -4.19. The number of benzene rings is 2. The number of thiophene rings is 1. The highest BCUT2D eigenvalue weighted by Gasteiger charge is 2.23. The number of methoxy groups -OCH3 is 1. The Labute approximate surface area is 231 Å². The number of fused-ring (bicyclic) bond motifs is 1. The summed E-state index contributed by atoms with van der Waals surface area (Å²) in [6.07, 6.45) is 5.21. The predicted octanol–water partition coefficient (Wildman–Crippen LogP) is 6.30. The van der Waals surface area contributed by atoms with Gasteiger partial charge in [0.15, 0.2) is 11.5 Å². The lowest BCUT2D eigenvalue weighted by atomic mass is 9.96. The van der Waals surface area contributed by atoms with Gasteiger partial charge in [-0.05, 0) is 88.6 Å². The topological polar surface area (TPSA) is 138 Å². The largest absolute Gasteiger partial charge is 0.493 e. The second-order valence-electron chi connectivity index (χ2n) is 8.40. The van der Waals surface area contributed by atoms with Crippen LogP contribution in [-0.2, 0) is 24.2 Å². The highest BCUT2D eigenvalue weighted by molar-refractivity contribution is 9.10. The minimum Gasteiger partial charge on any atom is -0.493 e. The van der Waals surface area contributed by atoms with Gasteiger partial charge in [-0.15, -0.1) is 11.3 Å². The first-order valence-corrected chi connectivity index (χ1v) is 13.2. The number of anilines is 1. The van der Waals surface area contributed by atoms with Gasteiger partial charge in [0.25, 0.3) is 11.6 Å². The van der Waals surface area contributed by atoms with E-state index in [0.717, 1.165) is 41.7 Å². The van der Waals surface area contributed by atoms with Gasteiger partial charge in [0.2, 0.25) is 0 Å². The van der Waals surface area contributed by atoms with Crippen LogP contribution in [0.25, 0.3) is 6.08 Å². The third-order valence-electron chi connectivity index (χ3n) is 5.97. The van der Waals surface area contributed by atoms with Gasteiger partial charge >= 0.3 is 0 Å². The van der Waals surface area contributed by atoms with Crippen molar-refractivity contribution in [2.75, 3.05) is 12.4 Å². The molecule has 0 spiro atoms. The molecule has 0 saturated heterocycles. The van der Waals surface area contributed by atoms with Crippen LogP contribution in [0.2, 0.25) is 0 Å². The monoisotopic (exact) mass is 592 g/mol. The van der Waals surface area contributed by atoms with Crippen molar-refractivity contribution in [3.05, 3.63) is 83.7 Å². The van der Waals surface area contributed by atoms with Gasteiger partial charge < -0.3 is 14.8 Å². The molecule has 3 aromatic rings. The lowest BCUT2D eigenvalue weighted by Gasteiger charge is -2.14. The third kappa shape index (κ3) is 5.86. The molecular weight excluding hydrogens is 572 g/mol. The summed E-state index contributed by atoms with van der Waals surface area (Å²) < 4.78 is 11.9. The fourth-order valence-electron chi connectivity index (χ4n) is 4.09. The maximum Gasteiger partial charge on any atom is 0.269 e. The molecule has 4 rings (SSSR count). The molecule has 0 saturated carbocycles. The van der Waals surface area contributed by atoms with Crippen LogP contribution in [0.5, 0.6) is 11.5 Å². The summed E-state index contributed by atoms with van der Waals surface area (Å²) in [5.74, 6) is 0.160. The number of hydrogen-bond donors (Lipinski definition) is 1. The first-order valence-electron chi connectivity index (χ1n) is 11.6. The minimum atomic E-state index is -0.601. The minimum absolute atomic E-state index is 0.0106. The number of nitrogens with one attached hydrogen (secondary N) is 1. The summed E-state index contributed by atoms with van der Waals surface area (Å²) in [6, 6.07) is 13.5. The van der Waals surface area contributed by atoms with Crippen LogP contribution in [0, 0.1) is 32.8 Å². The van der Waals surface area contributed by atoms with E-state index in [1.165, 1.54) is 36.7 Å². The zero-order valence-electron chi connectivity index (χ0n) is 20.2. The zero-order chi connectivity index (χ0) is 27.2. The van der Waals surface area contributed by atoms with Crippen molar-refractivity contribution in [1.82, 2.24) is 0 Å². The van der Waals surface area contributed by atoms with Gasteiger partial charge in [-0.2, -0.15) is 10.5 Å². The van der Waals surface area contributed by atoms with E-state index >= 15 is 0 Å². The van der Waals surface area contributed by atoms with Gasteiger partial charge in [-0.3, -0.25) is 14.9 Å². The molecule has 0 atom stereocenters. The summed E-state index contributed by atoms with van der Waals surface area (Å²) in [4.78, 5) is 24.4. The number of ether oxygens (including phenoxy) is 2. The van der Waals surface area contributed by atoms with Crippen molar-refractivity contribution < 1.29 is 19.2 Å². The van der Waals surface area contributed by atoms with Crippen LogP contribution in [0.15, 0.2) is 46.4 Å². The molecule has 1 amide bonds. The number of amides is 1.